The number of amides is 4. The van der Waals surface area contributed by atoms with Crippen molar-refractivity contribution in [2.24, 2.45) is 11.3 Å². The van der Waals surface area contributed by atoms with Crippen LogP contribution < -0.4 is 16.0 Å². The van der Waals surface area contributed by atoms with Crippen molar-refractivity contribution >= 4 is 23.6 Å². The van der Waals surface area contributed by atoms with E-state index in [4.69, 9.17) is 0 Å². The second-order valence-electron chi connectivity index (χ2n) is 11.8. The summed E-state index contributed by atoms with van der Waals surface area (Å²) in [6, 6.07) is 9.83. The van der Waals surface area contributed by atoms with Crippen molar-refractivity contribution in [3.8, 4) is 0 Å². The van der Waals surface area contributed by atoms with Gasteiger partial charge in [-0.05, 0) is 55.9 Å². The van der Waals surface area contributed by atoms with Crippen LogP contribution in [0.1, 0.15) is 78.2 Å². The Kier molecular flexibility index (Phi) is 9.74. The van der Waals surface area contributed by atoms with E-state index in [1.165, 1.54) is 0 Å². The molecular weight excluding hydrogens is 468 g/mol. The van der Waals surface area contributed by atoms with Gasteiger partial charge in [-0.3, -0.25) is 19.2 Å². The molecule has 1 saturated carbocycles. The van der Waals surface area contributed by atoms with Gasteiger partial charge in [0.1, 0.15) is 0 Å². The summed E-state index contributed by atoms with van der Waals surface area (Å²) in [4.78, 5) is 50.9. The molecular formula is C29H44N4O4. The average Bonchev–Trinajstić information content (AvgIpc) is 3.57. The van der Waals surface area contributed by atoms with Crippen LogP contribution in [-0.4, -0.2) is 59.7 Å². The molecule has 1 aromatic carbocycles. The van der Waals surface area contributed by atoms with Crippen molar-refractivity contribution in [2.45, 2.75) is 90.6 Å². The van der Waals surface area contributed by atoms with Crippen LogP contribution in [0.4, 0.5) is 0 Å². The summed E-state index contributed by atoms with van der Waals surface area (Å²) in [7, 11) is 0. The van der Waals surface area contributed by atoms with Crippen LogP contribution in [-0.2, 0) is 25.6 Å². The molecule has 2 unspecified atom stereocenters. The standard InChI is InChI=1S/C29H44N4O4/c1-21(17-22-11-7-5-8-12-22)32-26(36)20-31-25(35)19-30-24(34)13-9-6-10-16-33-27(37)18-23(28(2,3)4)29(33)14-15-29/h5,7-8,11-12,21,23H,6,9-10,13-20H2,1-4H3,(H,30,34)(H,31,35)(H,32,36). The van der Waals surface area contributed by atoms with Crippen LogP contribution in [0, 0.1) is 11.3 Å². The van der Waals surface area contributed by atoms with Gasteiger partial charge in [0.2, 0.25) is 23.6 Å². The quantitative estimate of drug-likeness (QED) is 0.353. The first-order chi connectivity index (χ1) is 17.5. The maximum absolute atomic E-state index is 12.6. The lowest BCUT2D eigenvalue weighted by Crippen LogP contribution is -2.44. The number of rotatable bonds is 13. The van der Waals surface area contributed by atoms with Crippen molar-refractivity contribution < 1.29 is 19.2 Å². The van der Waals surface area contributed by atoms with Crippen LogP contribution >= 0.6 is 0 Å². The Hall–Kier alpha value is -2.90. The molecule has 2 fully saturated rings. The van der Waals surface area contributed by atoms with Crippen LogP contribution in [0.5, 0.6) is 0 Å². The largest absolute Gasteiger partial charge is 0.352 e. The fourth-order valence-corrected chi connectivity index (χ4v) is 5.70. The molecule has 8 nitrogen and oxygen atoms in total. The summed E-state index contributed by atoms with van der Waals surface area (Å²) in [5.41, 5.74) is 1.35. The molecule has 3 N–H and O–H groups in total. The fourth-order valence-electron chi connectivity index (χ4n) is 5.70. The predicted molar refractivity (Wildman–Crippen MR) is 143 cm³/mol. The summed E-state index contributed by atoms with van der Waals surface area (Å²) in [6.07, 6.45) is 6.39. The van der Waals surface area contributed by atoms with Crippen LogP contribution in [0.2, 0.25) is 0 Å². The van der Waals surface area contributed by atoms with E-state index in [2.05, 4.69) is 41.6 Å². The normalized spacial score (nSPS) is 19.0. The second kappa shape index (κ2) is 12.6. The van der Waals surface area contributed by atoms with Crippen LogP contribution in [0.3, 0.4) is 0 Å². The van der Waals surface area contributed by atoms with Gasteiger partial charge < -0.3 is 20.9 Å². The summed E-state index contributed by atoms with van der Waals surface area (Å²) in [5.74, 6) is -0.134. The third-order valence-electron chi connectivity index (χ3n) is 7.64. The number of benzene rings is 1. The smallest absolute Gasteiger partial charge is 0.239 e. The highest BCUT2D eigenvalue weighted by Crippen LogP contribution is 2.59. The Morgan fingerprint density at radius 1 is 0.973 bits per heavy atom. The minimum atomic E-state index is -0.394. The number of likely N-dealkylation sites (tertiary alicyclic amines) is 1. The summed E-state index contributed by atoms with van der Waals surface area (Å²) in [5, 5.41) is 8.02. The van der Waals surface area contributed by atoms with Crippen LogP contribution in [0.25, 0.3) is 0 Å². The zero-order chi connectivity index (χ0) is 27.1. The Morgan fingerprint density at radius 3 is 2.27 bits per heavy atom. The molecule has 1 spiro atoms. The molecule has 204 valence electrons. The number of carbonyl (C=O) groups is 4. The monoisotopic (exact) mass is 512 g/mol. The van der Waals surface area contributed by atoms with Gasteiger partial charge in [-0.2, -0.15) is 0 Å². The molecule has 0 radical (unpaired) electrons. The van der Waals surface area contributed by atoms with E-state index >= 15 is 0 Å². The molecule has 0 aromatic heterocycles. The number of nitrogens with zero attached hydrogens (tertiary/aromatic N) is 1. The zero-order valence-corrected chi connectivity index (χ0v) is 22.9. The van der Waals surface area contributed by atoms with Crippen molar-refractivity contribution in [2.75, 3.05) is 19.6 Å². The minimum Gasteiger partial charge on any atom is -0.352 e. The molecule has 2 atom stereocenters. The first-order valence-corrected chi connectivity index (χ1v) is 13.7. The molecule has 3 rings (SSSR count). The van der Waals surface area contributed by atoms with Crippen molar-refractivity contribution in [1.82, 2.24) is 20.9 Å². The number of unbranched alkanes of at least 4 members (excludes halogenated alkanes) is 2. The zero-order valence-electron chi connectivity index (χ0n) is 22.9. The van der Waals surface area contributed by atoms with Gasteiger partial charge in [-0.25, -0.2) is 0 Å². The minimum absolute atomic E-state index is 0.0511. The molecule has 8 heteroatoms. The summed E-state index contributed by atoms with van der Waals surface area (Å²) >= 11 is 0. The van der Waals surface area contributed by atoms with Gasteiger partial charge in [-0.15, -0.1) is 0 Å². The molecule has 1 aromatic rings. The molecule has 1 aliphatic carbocycles. The van der Waals surface area contributed by atoms with Crippen molar-refractivity contribution in [3.63, 3.8) is 0 Å². The third kappa shape index (κ3) is 8.30. The molecule has 1 aliphatic heterocycles. The first kappa shape index (κ1) is 28.7. The van der Waals surface area contributed by atoms with Gasteiger partial charge >= 0.3 is 0 Å². The Labute approximate surface area is 221 Å². The van der Waals surface area contributed by atoms with E-state index in [1.807, 2.05) is 37.3 Å². The lowest BCUT2D eigenvalue weighted by atomic mass is 9.75. The second-order valence-corrected chi connectivity index (χ2v) is 11.8. The Balaban J connectivity index is 1.23. The Morgan fingerprint density at radius 2 is 1.62 bits per heavy atom. The van der Waals surface area contributed by atoms with Crippen molar-refractivity contribution in [3.05, 3.63) is 35.9 Å². The van der Waals surface area contributed by atoms with Gasteiger partial charge in [0.15, 0.2) is 0 Å². The Bertz CT molecular complexity index is 952. The van der Waals surface area contributed by atoms with Gasteiger partial charge in [-0.1, -0.05) is 57.5 Å². The first-order valence-electron chi connectivity index (χ1n) is 13.7. The number of hydrogen-bond donors (Lipinski definition) is 3. The molecule has 4 amide bonds. The molecule has 1 heterocycles. The molecule has 1 saturated heterocycles. The topological polar surface area (TPSA) is 108 Å². The van der Waals surface area contributed by atoms with Crippen molar-refractivity contribution in [1.29, 1.82) is 0 Å². The van der Waals surface area contributed by atoms with E-state index in [9.17, 15) is 19.2 Å². The van der Waals surface area contributed by atoms with Crippen LogP contribution in [0.15, 0.2) is 30.3 Å². The number of hydrogen-bond acceptors (Lipinski definition) is 4. The van der Waals surface area contributed by atoms with E-state index in [1.54, 1.807) is 0 Å². The SMILES string of the molecule is CC(Cc1ccccc1)NC(=O)CNC(=O)CNC(=O)CCCCCN1C(=O)CC(C(C)(C)C)C12CC2. The number of nitrogens with one attached hydrogen (secondary N) is 3. The maximum Gasteiger partial charge on any atom is 0.239 e. The highest BCUT2D eigenvalue weighted by Gasteiger charge is 2.62. The molecule has 2 aliphatic rings. The van der Waals surface area contributed by atoms with Gasteiger partial charge in [0.25, 0.3) is 0 Å². The van der Waals surface area contributed by atoms with Gasteiger partial charge in [0.05, 0.1) is 13.1 Å². The highest BCUT2D eigenvalue weighted by atomic mass is 16.2. The summed E-state index contributed by atoms with van der Waals surface area (Å²) in [6.45, 7) is 9.11. The van der Waals surface area contributed by atoms with E-state index < -0.39 is 5.91 Å². The lowest BCUT2D eigenvalue weighted by molar-refractivity contribution is -0.129. The lowest BCUT2D eigenvalue weighted by Gasteiger charge is -2.35. The predicted octanol–water partition coefficient (Wildman–Crippen LogP) is 2.95. The van der Waals surface area contributed by atoms with E-state index in [0.717, 1.165) is 37.8 Å². The fraction of sp³-hybridized carbons (Fsp3) is 0.655. The third-order valence-corrected chi connectivity index (χ3v) is 7.64. The van der Waals surface area contributed by atoms with Gasteiger partial charge in [0, 0.05) is 31.0 Å². The average molecular weight is 513 g/mol. The highest BCUT2D eigenvalue weighted by molar-refractivity contribution is 5.88. The van der Waals surface area contributed by atoms with E-state index in [0.29, 0.717) is 31.6 Å². The molecule has 37 heavy (non-hydrogen) atoms. The summed E-state index contributed by atoms with van der Waals surface area (Å²) < 4.78 is 0. The molecule has 0 bridgehead atoms. The number of carbonyl (C=O) groups excluding carboxylic acids is 4. The van der Waals surface area contributed by atoms with E-state index in [-0.39, 0.29) is 47.8 Å². The maximum atomic E-state index is 12.6.